The lowest BCUT2D eigenvalue weighted by Crippen LogP contribution is -2.44. The van der Waals surface area contributed by atoms with E-state index in [1.54, 1.807) is 0 Å². The van der Waals surface area contributed by atoms with Crippen molar-refractivity contribution in [2.75, 3.05) is 33.4 Å². The van der Waals surface area contributed by atoms with Crippen LogP contribution >= 0.6 is 0 Å². The van der Waals surface area contributed by atoms with Crippen LogP contribution in [0.2, 0.25) is 0 Å². The maximum absolute atomic E-state index is 9.63. The number of hydrogen-bond acceptors (Lipinski definition) is 4. The molecular formula is C14H23NO3. The first-order valence-corrected chi connectivity index (χ1v) is 6.56. The fourth-order valence-electron chi connectivity index (χ4n) is 2.67. The minimum Gasteiger partial charge on any atom is -0.465 e. The Morgan fingerprint density at radius 2 is 2.28 bits per heavy atom. The van der Waals surface area contributed by atoms with E-state index in [2.05, 4.69) is 11.9 Å². The van der Waals surface area contributed by atoms with Crippen molar-refractivity contribution < 1.29 is 14.3 Å². The summed E-state index contributed by atoms with van der Waals surface area (Å²) in [7, 11) is 2.06. The van der Waals surface area contributed by atoms with Crippen molar-refractivity contribution in [1.82, 2.24) is 4.90 Å². The quantitative estimate of drug-likeness (QED) is 0.869. The molecule has 0 amide bonds. The maximum Gasteiger partial charge on any atom is 0.118 e. The molecule has 0 aliphatic carbocycles. The van der Waals surface area contributed by atoms with Crippen molar-refractivity contribution >= 4 is 0 Å². The Bertz CT molecular complexity index is 369. The van der Waals surface area contributed by atoms with Gasteiger partial charge in [-0.1, -0.05) is 0 Å². The number of aliphatic hydroxyl groups is 1. The zero-order chi connectivity index (χ0) is 13.0. The smallest absolute Gasteiger partial charge is 0.118 e. The van der Waals surface area contributed by atoms with Crippen LogP contribution in [0.3, 0.4) is 0 Å². The Morgan fingerprint density at radius 3 is 2.83 bits per heavy atom. The van der Waals surface area contributed by atoms with Crippen LogP contribution in [0.4, 0.5) is 0 Å². The van der Waals surface area contributed by atoms with Gasteiger partial charge < -0.3 is 14.3 Å². The molecule has 1 aromatic heterocycles. The van der Waals surface area contributed by atoms with Crippen molar-refractivity contribution in [3.63, 3.8) is 0 Å². The summed E-state index contributed by atoms with van der Waals surface area (Å²) in [4.78, 5) is 2.20. The summed E-state index contributed by atoms with van der Waals surface area (Å²) < 4.78 is 11.1. The zero-order valence-corrected chi connectivity index (χ0v) is 11.3. The molecule has 2 heterocycles. The van der Waals surface area contributed by atoms with Crippen LogP contribution < -0.4 is 0 Å². The molecule has 2 rings (SSSR count). The summed E-state index contributed by atoms with van der Waals surface area (Å²) in [6, 6.07) is 3.99. The van der Waals surface area contributed by atoms with Crippen molar-refractivity contribution in [1.29, 1.82) is 0 Å². The molecule has 1 saturated heterocycles. The number of aliphatic hydroxyl groups excluding tert-OH is 1. The third-order valence-electron chi connectivity index (χ3n) is 3.57. The topological polar surface area (TPSA) is 45.8 Å². The van der Waals surface area contributed by atoms with Gasteiger partial charge in [0.25, 0.3) is 0 Å². The van der Waals surface area contributed by atoms with E-state index in [0.717, 1.165) is 44.1 Å². The van der Waals surface area contributed by atoms with Crippen LogP contribution in [-0.2, 0) is 11.3 Å². The summed E-state index contributed by atoms with van der Waals surface area (Å²) >= 11 is 0. The number of aryl methyl sites for hydroxylation is 1. The number of furan rings is 1. The monoisotopic (exact) mass is 253 g/mol. The van der Waals surface area contributed by atoms with Crippen LogP contribution in [0, 0.1) is 12.3 Å². The van der Waals surface area contributed by atoms with Crippen LogP contribution in [0.1, 0.15) is 24.4 Å². The highest BCUT2D eigenvalue weighted by Crippen LogP contribution is 2.29. The average molecular weight is 253 g/mol. The van der Waals surface area contributed by atoms with E-state index in [1.165, 1.54) is 0 Å². The zero-order valence-electron chi connectivity index (χ0n) is 11.3. The van der Waals surface area contributed by atoms with Gasteiger partial charge in [0.2, 0.25) is 0 Å². The van der Waals surface area contributed by atoms with Gasteiger partial charge in [0.15, 0.2) is 0 Å². The minimum atomic E-state index is -0.103. The van der Waals surface area contributed by atoms with Crippen molar-refractivity contribution in [3.8, 4) is 0 Å². The Kier molecular flexibility index (Phi) is 4.43. The highest BCUT2D eigenvalue weighted by molar-refractivity contribution is 5.05. The molecule has 1 unspecified atom stereocenters. The highest BCUT2D eigenvalue weighted by atomic mass is 16.5. The molecule has 102 valence electrons. The number of ether oxygens (including phenoxy) is 1. The van der Waals surface area contributed by atoms with E-state index >= 15 is 0 Å². The summed E-state index contributed by atoms with van der Waals surface area (Å²) in [6.45, 7) is 5.23. The van der Waals surface area contributed by atoms with E-state index in [-0.39, 0.29) is 12.0 Å². The van der Waals surface area contributed by atoms with Crippen LogP contribution in [-0.4, -0.2) is 43.4 Å². The molecule has 1 atom stereocenters. The van der Waals surface area contributed by atoms with Gasteiger partial charge in [0, 0.05) is 18.6 Å². The van der Waals surface area contributed by atoms with Gasteiger partial charge in [-0.25, -0.2) is 0 Å². The molecule has 1 aliphatic heterocycles. The first-order valence-electron chi connectivity index (χ1n) is 6.56. The second-order valence-electron chi connectivity index (χ2n) is 5.50. The van der Waals surface area contributed by atoms with E-state index in [1.807, 2.05) is 19.1 Å². The van der Waals surface area contributed by atoms with E-state index < -0.39 is 0 Å². The molecule has 4 nitrogen and oxygen atoms in total. The van der Waals surface area contributed by atoms with E-state index in [0.29, 0.717) is 6.61 Å². The molecule has 1 aromatic rings. The Morgan fingerprint density at radius 1 is 1.44 bits per heavy atom. The van der Waals surface area contributed by atoms with Gasteiger partial charge >= 0.3 is 0 Å². The third-order valence-corrected chi connectivity index (χ3v) is 3.57. The lowest BCUT2D eigenvalue weighted by Gasteiger charge is -2.38. The van der Waals surface area contributed by atoms with Crippen molar-refractivity contribution in [2.45, 2.75) is 26.3 Å². The summed E-state index contributed by atoms with van der Waals surface area (Å²) in [6.07, 6.45) is 2.07. The predicted octanol–water partition coefficient (Wildman–Crippen LogP) is 1.81. The van der Waals surface area contributed by atoms with Gasteiger partial charge in [-0.3, -0.25) is 4.90 Å². The molecule has 1 aliphatic rings. The molecule has 18 heavy (non-hydrogen) atoms. The fourth-order valence-corrected chi connectivity index (χ4v) is 2.67. The Balaban J connectivity index is 1.90. The predicted molar refractivity (Wildman–Crippen MR) is 69.4 cm³/mol. The summed E-state index contributed by atoms with van der Waals surface area (Å²) in [5.41, 5.74) is -0.103. The van der Waals surface area contributed by atoms with Crippen molar-refractivity contribution in [3.05, 3.63) is 23.7 Å². The molecule has 4 heteroatoms. The van der Waals surface area contributed by atoms with E-state index in [4.69, 9.17) is 9.15 Å². The molecule has 1 fully saturated rings. The van der Waals surface area contributed by atoms with Gasteiger partial charge in [0.05, 0.1) is 19.8 Å². The van der Waals surface area contributed by atoms with E-state index in [9.17, 15) is 5.11 Å². The average Bonchev–Trinajstić information content (AvgIpc) is 2.75. The van der Waals surface area contributed by atoms with Gasteiger partial charge in [0.1, 0.15) is 11.5 Å². The lowest BCUT2D eigenvalue weighted by molar-refractivity contribution is -0.0537. The summed E-state index contributed by atoms with van der Waals surface area (Å²) in [5.74, 6) is 1.91. The first-order chi connectivity index (χ1) is 8.63. The largest absolute Gasteiger partial charge is 0.465 e. The molecule has 0 radical (unpaired) electrons. The lowest BCUT2D eigenvalue weighted by atomic mass is 9.83. The minimum absolute atomic E-state index is 0.103. The fraction of sp³-hybridized carbons (Fsp3) is 0.714. The van der Waals surface area contributed by atoms with Gasteiger partial charge in [-0.15, -0.1) is 0 Å². The number of nitrogens with zero attached hydrogens (tertiary/aromatic N) is 1. The van der Waals surface area contributed by atoms with Crippen LogP contribution in [0.5, 0.6) is 0 Å². The van der Waals surface area contributed by atoms with Crippen LogP contribution in [0.15, 0.2) is 16.5 Å². The third kappa shape index (κ3) is 3.34. The van der Waals surface area contributed by atoms with Crippen LogP contribution in [0.25, 0.3) is 0 Å². The molecule has 0 aromatic carbocycles. The highest BCUT2D eigenvalue weighted by Gasteiger charge is 2.33. The SMILES string of the molecule is Cc1ccc(CN(C)CC2(CO)CCCOC2)o1. The molecule has 0 spiro atoms. The van der Waals surface area contributed by atoms with Crippen molar-refractivity contribution in [2.24, 2.45) is 5.41 Å². The molecular weight excluding hydrogens is 230 g/mol. The number of hydrogen-bond donors (Lipinski definition) is 1. The molecule has 0 bridgehead atoms. The normalized spacial score (nSPS) is 24.7. The second-order valence-corrected chi connectivity index (χ2v) is 5.50. The molecule has 0 saturated carbocycles. The summed E-state index contributed by atoms with van der Waals surface area (Å²) in [5, 5.41) is 9.63. The Labute approximate surface area is 109 Å². The first kappa shape index (κ1) is 13.6. The maximum atomic E-state index is 9.63. The van der Waals surface area contributed by atoms with Gasteiger partial charge in [-0.05, 0) is 38.9 Å². The second kappa shape index (κ2) is 5.87. The van der Waals surface area contributed by atoms with Gasteiger partial charge in [-0.2, -0.15) is 0 Å². The Hall–Kier alpha value is -0.840. The standard InChI is InChI=1S/C14H23NO3/c1-12-4-5-13(18-12)8-15(2)9-14(10-16)6-3-7-17-11-14/h4-5,16H,3,6-11H2,1-2H3. The number of rotatable bonds is 5. The molecule has 1 N–H and O–H groups in total.